The number of nitrogens with zero attached hydrogens (tertiary/aromatic N) is 2. The third-order valence-corrected chi connectivity index (χ3v) is 4.80. The van der Waals surface area contributed by atoms with Crippen LogP contribution in [0.3, 0.4) is 0 Å². The molecule has 1 heterocycles. The molecule has 1 aromatic heterocycles. The van der Waals surface area contributed by atoms with Gasteiger partial charge in [0.25, 0.3) is 0 Å². The second-order valence-electron chi connectivity index (χ2n) is 4.94. The lowest BCUT2D eigenvalue weighted by Crippen LogP contribution is -2.09. The minimum atomic E-state index is -3.66. The monoisotopic (exact) mass is 346 g/mol. The summed E-state index contributed by atoms with van der Waals surface area (Å²) in [5.74, 6) is -1.10. The molecule has 0 aliphatic rings. The van der Waals surface area contributed by atoms with Crippen LogP contribution in [0.4, 0.5) is 4.39 Å². The van der Waals surface area contributed by atoms with Crippen LogP contribution in [0.15, 0.2) is 22.7 Å². The Bertz CT molecular complexity index is 726. The molecule has 0 aliphatic heterocycles. The molecule has 0 radical (unpaired) electrons. The predicted molar refractivity (Wildman–Crippen MR) is 80.6 cm³/mol. The topological polar surface area (TPSA) is 73.1 Å². The lowest BCUT2D eigenvalue weighted by molar-refractivity contribution is 0.382. The molecule has 2 rings (SSSR count). The fraction of sp³-hybridized carbons (Fsp3) is 0.429. The van der Waals surface area contributed by atoms with Gasteiger partial charge in [-0.05, 0) is 18.6 Å². The number of hydrogen-bond donors (Lipinski definition) is 0. The van der Waals surface area contributed by atoms with Gasteiger partial charge < -0.3 is 4.52 Å². The molecule has 0 amide bonds. The van der Waals surface area contributed by atoms with Crippen molar-refractivity contribution >= 4 is 21.4 Å². The molecule has 1 aromatic carbocycles. The van der Waals surface area contributed by atoms with Gasteiger partial charge in [-0.1, -0.05) is 36.2 Å². The number of unbranched alkanes of at least 4 members (excludes halogenated alkanes) is 1. The van der Waals surface area contributed by atoms with E-state index in [4.69, 9.17) is 16.1 Å². The van der Waals surface area contributed by atoms with E-state index >= 15 is 0 Å². The highest BCUT2D eigenvalue weighted by atomic mass is 35.5. The number of benzene rings is 1. The van der Waals surface area contributed by atoms with Crippen LogP contribution >= 0.6 is 11.6 Å². The van der Waals surface area contributed by atoms with Crippen molar-refractivity contribution in [3.8, 4) is 0 Å². The Hall–Kier alpha value is -1.47. The van der Waals surface area contributed by atoms with Crippen molar-refractivity contribution in [3.05, 3.63) is 46.3 Å². The summed E-state index contributed by atoms with van der Waals surface area (Å²) in [5.41, 5.74) is -0.0464. The van der Waals surface area contributed by atoms with Crippen molar-refractivity contribution in [3.63, 3.8) is 0 Å². The van der Waals surface area contributed by atoms with Gasteiger partial charge in [-0.15, -0.1) is 0 Å². The number of rotatable bonds is 7. The number of aromatic nitrogens is 2. The number of hydrogen-bond acceptors (Lipinski definition) is 5. The van der Waals surface area contributed by atoms with Crippen molar-refractivity contribution in [1.29, 1.82) is 0 Å². The molecular weight excluding hydrogens is 331 g/mol. The average molecular weight is 347 g/mol. The third-order valence-electron chi connectivity index (χ3n) is 3.03. The summed E-state index contributed by atoms with van der Waals surface area (Å²) < 4.78 is 42.9. The Morgan fingerprint density at radius 2 is 2.09 bits per heavy atom. The Morgan fingerprint density at radius 3 is 2.77 bits per heavy atom. The first-order valence-corrected chi connectivity index (χ1v) is 9.06. The number of halogens is 2. The van der Waals surface area contributed by atoms with E-state index in [2.05, 4.69) is 10.1 Å². The summed E-state index contributed by atoms with van der Waals surface area (Å²) in [6.45, 7) is 2.03. The van der Waals surface area contributed by atoms with Crippen LogP contribution in [0, 0.1) is 5.82 Å². The molecule has 8 heteroatoms. The molecule has 0 aliphatic carbocycles. The molecule has 5 nitrogen and oxygen atoms in total. The van der Waals surface area contributed by atoms with Crippen molar-refractivity contribution in [1.82, 2.24) is 10.1 Å². The zero-order valence-electron chi connectivity index (χ0n) is 12.1. The Morgan fingerprint density at radius 1 is 1.32 bits per heavy atom. The summed E-state index contributed by atoms with van der Waals surface area (Å²) in [6.07, 6.45) is 2.52. The van der Waals surface area contributed by atoms with Gasteiger partial charge in [-0.25, -0.2) is 12.8 Å². The van der Waals surface area contributed by atoms with Crippen LogP contribution in [0.1, 0.15) is 37.0 Å². The molecule has 120 valence electrons. The summed E-state index contributed by atoms with van der Waals surface area (Å²) in [5, 5.41) is 3.81. The van der Waals surface area contributed by atoms with E-state index in [0.29, 0.717) is 12.2 Å². The fourth-order valence-corrected chi connectivity index (χ4v) is 3.55. The van der Waals surface area contributed by atoms with Gasteiger partial charge in [0.05, 0.1) is 5.75 Å². The van der Waals surface area contributed by atoms with E-state index in [1.165, 1.54) is 18.2 Å². The second kappa shape index (κ2) is 7.19. The van der Waals surface area contributed by atoms with Gasteiger partial charge >= 0.3 is 0 Å². The highest BCUT2D eigenvalue weighted by Gasteiger charge is 2.21. The highest BCUT2D eigenvalue weighted by molar-refractivity contribution is 7.89. The standard InChI is InChI=1S/C14H16ClFN2O3S/c1-2-3-7-13-17-14(21-18-13)9-22(19,20)8-10-11(15)5-4-6-12(10)16/h4-6H,2-3,7-9H2,1H3. The summed E-state index contributed by atoms with van der Waals surface area (Å²) in [4.78, 5) is 4.04. The van der Waals surface area contributed by atoms with Crippen molar-refractivity contribution in [2.24, 2.45) is 0 Å². The van der Waals surface area contributed by atoms with Crippen molar-refractivity contribution < 1.29 is 17.3 Å². The molecule has 0 saturated heterocycles. The van der Waals surface area contributed by atoms with E-state index in [-0.39, 0.29) is 16.5 Å². The quantitative estimate of drug-likeness (QED) is 0.769. The minimum Gasteiger partial charge on any atom is -0.338 e. The fourth-order valence-electron chi connectivity index (χ4n) is 1.91. The maximum absolute atomic E-state index is 13.7. The number of aryl methyl sites for hydroxylation is 1. The third kappa shape index (κ3) is 4.51. The Labute approximate surface area is 133 Å². The van der Waals surface area contributed by atoms with E-state index in [1.807, 2.05) is 6.92 Å². The maximum Gasteiger partial charge on any atom is 0.241 e. The average Bonchev–Trinajstić information content (AvgIpc) is 2.87. The molecule has 0 atom stereocenters. The SMILES string of the molecule is CCCCc1noc(CS(=O)(=O)Cc2c(F)cccc2Cl)n1. The number of sulfone groups is 1. The molecular formula is C14H16ClFN2O3S. The first kappa shape index (κ1) is 16.9. The van der Waals surface area contributed by atoms with E-state index in [1.54, 1.807) is 0 Å². The van der Waals surface area contributed by atoms with Gasteiger partial charge in [0.2, 0.25) is 5.89 Å². The summed E-state index contributed by atoms with van der Waals surface area (Å²) in [7, 11) is -3.66. The van der Waals surface area contributed by atoms with Crippen molar-refractivity contribution in [2.45, 2.75) is 37.7 Å². The van der Waals surface area contributed by atoms with Gasteiger partial charge in [0.1, 0.15) is 11.6 Å². The van der Waals surface area contributed by atoms with Gasteiger partial charge in [0.15, 0.2) is 15.7 Å². The molecule has 0 fully saturated rings. The molecule has 0 bridgehead atoms. The molecule has 0 spiro atoms. The smallest absolute Gasteiger partial charge is 0.241 e. The van der Waals surface area contributed by atoms with Gasteiger partial charge in [-0.3, -0.25) is 0 Å². The minimum absolute atomic E-state index is 0.0126. The predicted octanol–water partition coefficient (Wildman–Crippen LogP) is 3.32. The van der Waals surface area contributed by atoms with Crippen LogP contribution in [-0.2, 0) is 27.8 Å². The second-order valence-corrected chi connectivity index (χ2v) is 7.41. The van der Waals surface area contributed by atoms with Crippen LogP contribution in [0.5, 0.6) is 0 Å². The first-order chi connectivity index (χ1) is 10.4. The van der Waals surface area contributed by atoms with Gasteiger partial charge in [-0.2, -0.15) is 4.98 Å². The van der Waals surface area contributed by atoms with Crippen LogP contribution in [0.25, 0.3) is 0 Å². The van der Waals surface area contributed by atoms with E-state index in [0.717, 1.165) is 12.8 Å². The molecule has 22 heavy (non-hydrogen) atoms. The molecule has 0 N–H and O–H groups in total. The summed E-state index contributed by atoms with van der Waals surface area (Å²) >= 11 is 5.84. The largest absolute Gasteiger partial charge is 0.338 e. The van der Waals surface area contributed by atoms with Crippen LogP contribution in [0.2, 0.25) is 5.02 Å². The maximum atomic E-state index is 13.7. The lowest BCUT2D eigenvalue weighted by Gasteiger charge is -2.05. The molecule has 0 unspecified atom stereocenters. The molecule has 0 saturated carbocycles. The zero-order valence-corrected chi connectivity index (χ0v) is 13.6. The lowest BCUT2D eigenvalue weighted by atomic mass is 10.2. The van der Waals surface area contributed by atoms with Crippen LogP contribution in [-0.4, -0.2) is 18.6 Å². The zero-order chi connectivity index (χ0) is 16.2. The highest BCUT2D eigenvalue weighted by Crippen LogP contribution is 2.22. The van der Waals surface area contributed by atoms with E-state index < -0.39 is 27.2 Å². The van der Waals surface area contributed by atoms with Crippen LogP contribution < -0.4 is 0 Å². The normalized spacial score (nSPS) is 11.8. The van der Waals surface area contributed by atoms with Crippen molar-refractivity contribution in [2.75, 3.05) is 0 Å². The molecule has 2 aromatic rings. The van der Waals surface area contributed by atoms with Gasteiger partial charge in [0, 0.05) is 17.0 Å². The summed E-state index contributed by atoms with van der Waals surface area (Å²) in [6, 6.07) is 4.04. The first-order valence-electron chi connectivity index (χ1n) is 6.86. The Balaban J connectivity index is 2.09. The Kier molecular flexibility index (Phi) is 5.52. The van der Waals surface area contributed by atoms with E-state index in [9.17, 15) is 12.8 Å².